The second-order valence-corrected chi connectivity index (χ2v) is 4.57. The second-order valence-electron chi connectivity index (χ2n) is 3.51. The van der Waals surface area contributed by atoms with Crippen molar-refractivity contribution >= 4 is 27.5 Å². The van der Waals surface area contributed by atoms with Crippen LogP contribution in [0.1, 0.15) is 17.3 Å². The van der Waals surface area contributed by atoms with Gasteiger partial charge in [-0.3, -0.25) is 9.35 Å². The minimum Gasteiger partial charge on any atom is -0.397 e. The number of nitrogens with two attached hydrogens (primary N) is 1. The maximum atomic E-state index is 11.6. The molecule has 0 aliphatic heterocycles. The van der Waals surface area contributed by atoms with Crippen LogP contribution in [0.15, 0.2) is 40.0 Å². The molecule has 0 bridgehead atoms. The molecule has 0 atom stereocenters. The number of nitrogen functional groups attached to an aromatic ring is 1. The number of carbonyl (C=O) groups is 1. The quantitative estimate of drug-likeness (QED) is 0.284. The van der Waals surface area contributed by atoms with Crippen LogP contribution in [0.2, 0.25) is 0 Å². The molecular formula is C10H11N3O4S. The van der Waals surface area contributed by atoms with Gasteiger partial charge in [0.25, 0.3) is 0 Å². The summed E-state index contributed by atoms with van der Waals surface area (Å²) in [5, 5.41) is 3.25. The number of allylic oxidation sites excluding steroid dienone is 1. The number of hydrogen-bond acceptors (Lipinski definition) is 5. The molecule has 0 heterocycles. The lowest BCUT2D eigenvalue weighted by atomic mass is 10.0. The van der Waals surface area contributed by atoms with Gasteiger partial charge in [0.2, 0.25) is 0 Å². The predicted molar refractivity (Wildman–Crippen MR) is 66.1 cm³/mol. The molecule has 0 saturated heterocycles. The third kappa shape index (κ3) is 3.75. The van der Waals surface area contributed by atoms with Crippen LogP contribution in [0, 0.1) is 0 Å². The maximum Gasteiger partial charge on any atom is 0.396 e. The van der Waals surface area contributed by atoms with Crippen molar-refractivity contribution in [1.82, 2.24) is 0 Å². The average molecular weight is 269 g/mol. The zero-order chi connectivity index (χ0) is 13.9. The van der Waals surface area contributed by atoms with Crippen molar-refractivity contribution in [3.05, 3.63) is 35.9 Å². The van der Waals surface area contributed by atoms with Crippen LogP contribution in [0.4, 0.5) is 11.4 Å². The molecule has 7 nitrogen and oxygen atoms in total. The summed E-state index contributed by atoms with van der Waals surface area (Å²) in [6.45, 7) is 5.07. The van der Waals surface area contributed by atoms with Crippen LogP contribution in [-0.2, 0) is 10.3 Å². The number of carbonyl (C=O) groups excluding carboxylic acids is 1. The normalized spacial score (nSPS) is 11.7. The highest BCUT2D eigenvalue weighted by molar-refractivity contribution is 7.84. The monoisotopic (exact) mass is 269 g/mol. The van der Waals surface area contributed by atoms with Gasteiger partial charge in [-0.1, -0.05) is 6.58 Å². The Morgan fingerprint density at radius 2 is 2.06 bits per heavy atom. The molecule has 0 aromatic heterocycles. The summed E-state index contributed by atoms with van der Waals surface area (Å²) in [5.74, 6) is -0.278. The van der Waals surface area contributed by atoms with Gasteiger partial charge in [-0.15, -0.1) is 5.11 Å². The van der Waals surface area contributed by atoms with E-state index in [1.165, 1.54) is 18.2 Å². The van der Waals surface area contributed by atoms with Crippen LogP contribution in [-0.4, -0.2) is 18.8 Å². The maximum absolute atomic E-state index is 11.6. The standard InChI is InChI=1S/C10H11N3O4S/c1-6(2)10(14)7-3-4-9(8(11)5-7)12-13-18(15,16)17/h3-5H,1,11H2,2H3,(H,15,16,17). The van der Waals surface area contributed by atoms with Gasteiger partial charge in [0, 0.05) is 5.56 Å². The molecule has 0 aliphatic rings. The predicted octanol–water partition coefficient (Wildman–Crippen LogP) is 1.91. The molecule has 8 heteroatoms. The van der Waals surface area contributed by atoms with Crippen molar-refractivity contribution in [2.45, 2.75) is 6.92 Å². The lowest BCUT2D eigenvalue weighted by molar-refractivity contribution is 0.103. The molecule has 3 N–H and O–H groups in total. The van der Waals surface area contributed by atoms with Crippen LogP contribution in [0.5, 0.6) is 0 Å². The fraction of sp³-hybridized carbons (Fsp3) is 0.100. The van der Waals surface area contributed by atoms with Gasteiger partial charge in [-0.25, -0.2) is 0 Å². The Hall–Kier alpha value is -2.06. The Kier molecular flexibility index (Phi) is 3.94. The number of rotatable bonds is 4. The van der Waals surface area contributed by atoms with Gasteiger partial charge in [0.15, 0.2) is 5.78 Å². The Morgan fingerprint density at radius 1 is 1.44 bits per heavy atom. The highest BCUT2D eigenvalue weighted by atomic mass is 32.2. The van der Waals surface area contributed by atoms with Gasteiger partial charge < -0.3 is 5.73 Å². The molecule has 18 heavy (non-hydrogen) atoms. The van der Waals surface area contributed by atoms with E-state index >= 15 is 0 Å². The Bertz CT molecular complexity index is 635. The minimum absolute atomic E-state index is 0.0332. The van der Waals surface area contributed by atoms with E-state index in [0.717, 1.165) is 0 Å². The first-order chi connectivity index (χ1) is 8.20. The van der Waals surface area contributed by atoms with Crippen LogP contribution in [0.3, 0.4) is 0 Å². The zero-order valence-corrected chi connectivity index (χ0v) is 10.3. The number of benzene rings is 1. The highest BCUT2D eigenvalue weighted by Gasteiger charge is 2.09. The minimum atomic E-state index is -4.56. The van der Waals surface area contributed by atoms with Crippen LogP contribution < -0.4 is 5.73 Å². The highest BCUT2D eigenvalue weighted by Crippen LogP contribution is 2.24. The number of hydrogen-bond donors (Lipinski definition) is 2. The number of nitrogens with zero attached hydrogens (tertiary/aromatic N) is 2. The first-order valence-electron chi connectivity index (χ1n) is 4.71. The molecule has 0 amide bonds. The number of anilines is 1. The Labute approximate surface area is 104 Å². The SMILES string of the molecule is C=C(C)C(=O)c1ccc(N=NS(=O)(=O)O)c(N)c1. The van der Waals surface area contributed by atoms with Crippen molar-refractivity contribution in [2.75, 3.05) is 5.73 Å². The molecule has 96 valence electrons. The van der Waals surface area contributed by atoms with E-state index in [2.05, 4.69) is 16.2 Å². The molecule has 1 aromatic rings. The molecule has 0 aliphatic carbocycles. The summed E-state index contributed by atoms with van der Waals surface area (Å²) in [4.78, 5) is 11.6. The van der Waals surface area contributed by atoms with Gasteiger partial charge in [0.1, 0.15) is 5.69 Å². The fourth-order valence-corrected chi connectivity index (χ4v) is 1.32. The van der Waals surface area contributed by atoms with E-state index in [0.29, 0.717) is 11.1 Å². The Balaban J connectivity index is 3.12. The third-order valence-electron chi connectivity index (χ3n) is 1.93. The first kappa shape index (κ1) is 14.0. The van der Waals surface area contributed by atoms with E-state index in [4.69, 9.17) is 10.3 Å². The van der Waals surface area contributed by atoms with Crippen molar-refractivity contribution in [1.29, 1.82) is 0 Å². The van der Waals surface area contributed by atoms with E-state index in [-0.39, 0.29) is 17.2 Å². The molecule has 1 aromatic carbocycles. The van der Waals surface area contributed by atoms with E-state index in [1.54, 1.807) is 6.92 Å². The molecule has 0 spiro atoms. The molecule has 0 saturated carbocycles. The van der Waals surface area contributed by atoms with Gasteiger partial charge >= 0.3 is 10.3 Å². The topological polar surface area (TPSA) is 122 Å². The number of Topliss-reactive ketones (excluding diaryl/α,β-unsaturated/α-hetero) is 1. The third-order valence-corrected chi connectivity index (χ3v) is 2.22. The van der Waals surface area contributed by atoms with Crippen LogP contribution in [0.25, 0.3) is 0 Å². The molecule has 0 fully saturated rings. The zero-order valence-electron chi connectivity index (χ0n) is 9.49. The summed E-state index contributed by atoms with van der Waals surface area (Å²) in [6.07, 6.45) is 0. The molecular weight excluding hydrogens is 258 g/mol. The molecule has 0 radical (unpaired) electrons. The lowest BCUT2D eigenvalue weighted by Gasteiger charge is -2.03. The van der Waals surface area contributed by atoms with Gasteiger partial charge in [0.05, 0.1) is 5.69 Å². The van der Waals surface area contributed by atoms with Crippen molar-refractivity contribution < 1.29 is 17.8 Å². The number of ketones is 1. The van der Waals surface area contributed by atoms with Gasteiger partial charge in [-0.2, -0.15) is 8.42 Å². The summed E-state index contributed by atoms with van der Waals surface area (Å²) >= 11 is 0. The van der Waals surface area contributed by atoms with E-state index in [9.17, 15) is 13.2 Å². The summed E-state index contributed by atoms with van der Waals surface area (Å²) < 4.78 is 31.8. The second kappa shape index (κ2) is 5.07. The smallest absolute Gasteiger partial charge is 0.396 e. The largest absolute Gasteiger partial charge is 0.397 e. The van der Waals surface area contributed by atoms with Crippen LogP contribution >= 0.6 is 0 Å². The summed E-state index contributed by atoms with van der Waals surface area (Å²) in [6, 6.07) is 4.06. The lowest BCUT2D eigenvalue weighted by Crippen LogP contribution is -2.00. The summed E-state index contributed by atoms with van der Waals surface area (Å²) in [5.41, 5.74) is 6.33. The Morgan fingerprint density at radius 3 is 2.50 bits per heavy atom. The van der Waals surface area contributed by atoms with E-state index in [1.807, 2.05) is 0 Å². The summed E-state index contributed by atoms with van der Waals surface area (Å²) in [7, 11) is -4.56. The van der Waals surface area contributed by atoms with Crippen molar-refractivity contribution in [3.8, 4) is 0 Å². The molecule has 0 unspecified atom stereocenters. The molecule has 1 rings (SSSR count). The van der Waals surface area contributed by atoms with Gasteiger partial charge in [-0.05, 0) is 35.2 Å². The fourth-order valence-electron chi connectivity index (χ4n) is 1.13. The van der Waals surface area contributed by atoms with E-state index < -0.39 is 10.3 Å². The first-order valence-corrected chi connectivity index (χ1v) is 6.10. The van der Waals surface area contributed by atoms with Crippen molar-refractivity contribution in [3.63, 3.8) is 0 Å². The van der Waals surface area contributed by atoms with Crippen molar-refractivity contribution in [2.24, 2.45) is 9.63 Å². The average Bonchev–Trinajstić information content (AvgIpc) is 2.25.